The number of aliphatic carboxylic acids is 1. The van der Waals surface area contributed by atoms with Crippen LogP contribution in [-0.2, 0) is 11.2 Å². The first-order valence-corrected chi connectivity index (χ1v) is 7.22. The fraction of sp³-hybridized carbons (Fsp3) is 0.214. The molecule has 1 aromatic heterocycles. The van der Waals surface area contributed by atoms with E-state index >= 15 is 0 Å². The molecule has 21 heavy (non-hydrogen) atoms. The quantitative estimate of drug-likeness (QED) is 0.625. The lowest BCUT2D eigenvalue weighted by molar-refractivity contribution is -0.268. The third-order valence-corrected chi connectivity index (χ3v) is 3.49. The van der Waals surface area contributed by atoms with Gasteiger partial charge in [0.2, 0.25) is 5.16 Å². The second-order valence-corrected chi connectivity index (χ2v) is 5.28. The minimum Gasteiger partial charge on any atom is -0.872 e. The number of nitrogens with zero attached hydrogens (tertiary/aromatic N) is 2. The molecule has 1 heterocycles. The second-order valence-electron chi connectivity index (χ2n) is 4.27. The molecule has 0 saturated carbocycles. The van der Waals surface area contributed by atoms with Gasteiger partial charge in [-0.15, -0.1) is 10.8 Å². The first-order chi connectivity index (χ1) is 10.1. The monoisotopic (exact) mass is 304 g/mol. The standard InChI is InChI=1S/C14H15N3O3S/c1-2-5-12-15-14(17-16-12)21-11(13(19)20)8-9-6-3-4-7-10(9)18/h3-4,6-8,18H,2,5H2,1H3,(H,19,20)(H,15,16,17)/p-1/b11-8-. The van der Waals surface area contributed by atoms with Gasteiger partial charge in [-0.1, -0.05) is 31.2 Å². The molecule has 0 aliphatic heterocycles. The van der Waals surface area contributed by atoms with Crippen LogP contribution < -0.4 is 5.11 Å². The fourth-order valence-corrected chi connectivity index (χ4v) is 2.36. The van der Waals surface area contributed by atoms with Crippen molar-refractivity contribution >= 4 is 23.8 Å². The number of thioether (sulfide) groups is 1. The van der Waals surface area contributed by atoms with E-state index < -0.39 is 5.97 Å². The zero-order valence-corrected chi connectivity index (χ0v) is 12.2. The molecule has 7 heteroatoms. The molecular weight excluding hydrogens is 290 g/mol. The number of carboxylic acids is 1. The van der Waals surface area contributed by atoms with Crippen LogP contribution in [0.25, 0.3) is 6.08 Å². The molecule has 0 amide bonds. The van der Waals surface area contributed by atoms with Crippen LogP contribution in [0.5, 0.6) is 5.75 Å². The largest absolute Gasteiger partial charge is 0.872 e. The number of hydrogen-bond donors (Lipinski definition) is 2. The highest BCUT2D eigenvalue weighted by Gasteiger charge is 2.13. The van der Waals surface area contributed by atoms with E-state index in [1.165, 1.54) is 12.1 Å². The topological polar surface area (TPSA) is 102 Å². The zero-order valence-electron chi connectivity index (χ0n) is 11.4. The Hall–Kier alpha value is -2.28. The van der Waals surface area contributed by atoms with E-state index in [-0.39, 0.29) is 10.7 Å². The molecule has 2 rings (SSSR count). The van der Waals surface area contributed by atoms with Crippen LogP contribution in [0.1, 0.15) is 24.7 Å². The van der Waals surface area contributed by atoms with Crippen molar-refractivity contribution in [2.24, 2.45) is 0 Å². The van der Waals surface area contributed by atoms with Crippen LogP contribution in [0, 0.1) is 0 Å². The van der Waals surface area contributed by atoms with Crippen molar-refractivity contribution in [1.29, 1.82) is 0 Å². The predicted molar refractivity (Wildman–Crippen MR) is 77.7 cm³/mol. The molecule has 0 spiro atoms. The number of aryl methyl sites for hydroxylation is 1. The van der Waals surface area contributed by atoms with Crippen LogP contribution in [0.2, 0.25) is 0 Å². The van der Waals surface area contributed by atoms with E-state index in [4.69, 9.17) is 0 Å². The van der Waals surface area contributed by atoms with Crippen LogP contribution in [-0.4, -0.2) is 26.3 Å². The minimum atomic E-state index is -1.12. The molecule has 110 valence electrons. The lowest BCUT2D eigenvalue weighted by Gasteiger charge is -2.09. The summed E-state index contributed by atoms with van der Waals surface area (Å²) in [6, 6.07) is 6.26. The van der Waals surface area contributed by atoms with Gasteiger partial charge in [0.1, 0.15) is 10.7 Å². The number of aromatic amines is 1. The van der Waals surface area contributed by atoms with Crippen LogP contribution >= 0.6 is 11.8 Å². The maximum Gasteiger partial charge on any atom is 0.342 e. The van der Waals surface area contributed by atoms with Crippen molar-refractivity contribution < 1.29 is 15.0 Å². The van der Waals surface area contributed by atoms with Gasteiger partial charge in [0.25, 0.3) is 0 Å². The molecule has 2 aromatic rings. The van der Waals surface area contributed by atoms with Gasteiger partial charge in [-0.2, -0.15) is 0 Å². The van der Waals surface area contributed by atoms with Crippen molar-refractivity contribution in [3.8, 4) is 5.75 Å². The van der Waals surface area contributed by atoms with Gasteiger partial charge in [0, 0.05) is 6.42 Å². The number of aromatic nitrogens is 3. The highest BCUT2D eigenvalue weighted by Crippen LogP contribution is 2.27. The molecule has 0 saturated heterocycles. The molecule has 2 N–H and O–H groups in total. The molecule has 0 unspecified atom stereocenters. The number of benzene rings is 1. The summed E-state index contributed by atoms with van der Waals surface area (Å²) in [5.74, 6) is -0.627. The lowest BCUT2D eigenvalue weighted by atomic mass is 10.2. The summed E-state index contributed by atoms with van der Waals surface area (Å²) in [4.78, 5) is 15.5. The van der Waals surface area contributed by atoms with Crippen LogP contribution in [0.3, 0.4) is 0 Å². The molecule has 0 bridgehead atoms. The van der Waals surface area contributed by atoms with Gasteiger partial charge >= 0.3 is 5.97 Å². The molecule has 0 aliphatic rings. The lowest BCUT2D eigenvalue weighted by Crippen LogP contribution is -1.99. The van der Waals surface area contributed by atoms with Gasteiger partial charge in [0.05, 0.1) is 0 Å². The summed E-state index contributed by atoms with van der Waals surface area (Å²) in [7, 11) is 0. The highest BCUT2D eigenvalue weighted by atomic mass is 32.2. The van der Waals surface area contributed by atoms with Gasteiger partial charge in [-0.25, -0.2) is 9.78 Å². The number of carboxylic acid groups (broad SMARTS) is 1. The summed E-state index contributed by atoms with van der Waals surface area (Å²) < 4.78 is 0. The van der Waals surface area contributed by atoms with E-state index in [9.17, 15) is 15.0 Å². The Kier molecular flexibility index (Phi) is 4.99. The van der Waals surface area contributed by atoms with Gasteiger partial charge in [0.15, 0.2) is 0 Å². The minimum absolute atomic E-state index is 0.000323. The predicted octanol–water partition coefficient (Wildman–Crippen LogP) is 2.05. The average molecular weight is 304 g/mol. The van der Waals surface area contributed by atoms with E-state index in [2.05, 4.69) is 15.2 Å². The third-order valence-electron chi connectivity index (χ3n) is 2.62. The van der Waals surface area contributed by atoms with Crippen molar-refractivity contribution in [2.75, 3.05) is 0 Å². The Morgan fingerprint density at radius 1 is 1.48 bits per heavy atom. The molecule has 0 aliphatic carbocycles. The smallest absolute Gasteiger partial charge is 0.342 e. The van der Waals surface area contributed by atoms with Gasteiger partial charge < -0.3 is 10.2 Å². The maximum absolute atomic E-state index is 11.6. The normalized spacial score (nSPS) is 11.6. The van der Waals surface area contributed by atoms with E-state index in [1.807, 2.05) is 6.92 Å². The summed E-state index contributed by atoms with van der Waals surface area (Å²) in [6.45, 7) is 2.02. The van der Waals surface area contributed by atoms with E-state index in [0.717, 1.165) is 24.6 Å². The van der Waals surface area contributed by atoms with Crippen molar-refractivity contribution in [3.63, 3.8) is 0 Å². The Bertz CT molecular complexity index is 667. The number of nitrogens with one attached hydrogen (secondary N) is 1. The molecule has 1 aromatic carbocycles. The average Bonchev–Trinajstić information content (AvgIpc) is 2.88. The summed E-state index contributed by atoms with van der Waals surface area (Å²) in [5, 5.41) is 27.9. The van der Waals surface area contributed by atoms with Crippen molar-refractivity contribution in [3.05, 3.63) is 40.6 Å². The second kappa shape index (κ2) is 6.94. The number of para-hydroxylation sites is 1. The first kappa shape index (κ1) is 15.1. The van der Waals surface area contributed by atoms with Gasteiger partial charge in [-0.3, -0.25) is 5.10 Å². The van der Waals surface area contributed by atoms with Crippen molar-refractivity contribution in [2.45, 2.75) is 24.9 Å². The Morgan fingerprint density at radius 2 is 2.24 bits per heavy atom. The van der Waals surface area contributed by atoms with E-state index in [1.54, 1.807) is 18.2 Å². The number of H-pyrrole nitrogens is 1. The molecular formula is C14H14N3O3S-. The highest BCUT2D eigenvalue weighted by molar-refractivity contribution is 8.04. The summed E-state index contributed by atoms with van der Waals surface area (Å²) >= 11 is 0.916. The fourth-order valence-electron chi connectivity index (χ4n) is 1.65. The summed E-state index contributed by atoms with van der Waals surface area (Å²) in [5.41, 5.74) is 0.326. The SMILES string of the molecule is CCCc1nc(S/C(=C\c2ccccc2[O-])C(=O)O)n[nH]1. The Balaban J connectivity index is 2.23. The molecule has 0 atom stereocenters. The van der Waals surface area contributed by atoms with Crippen LogP contribution in [0.4, 0.5) is 0 Å². The molecule has 6 nitrogen and oxygen atoms in total. The number of rotatable bonds is 6. The summed E-state index contributed by atoms with van der Waals surface area (Å²) in [6.07, 6.45) is 3.01. The van der Waals surface area contributed by atoms with E-state index in [0.29, 0.717) is 16.5 Å². The zero-order chi connectivity index (χ0) is 15.2. The first-order valence-electron chi connectivity index (χ1n) is 6.40. The van der Waals surface area contributed by atoms with Gasteiger partial charge in [-0.05, 0) is 29.8 Å². The molecule has 0 fully saturated rings. The number of hydrogen-bond acceptors (Lipinski definition) is 5. The Morgan fingerprint density at radius 3 is 2.90 bits per heavy atom. The molecule has 0 radical (unpaired) electrons. The number of carbonyl (C=O) groups is 1. The third kappa shape index (κ3) is 4.09. The maximum atomic E-state index is 11.6. The Labute approximate surface area is 125 Å². The van der Waals surface area contributed by atoms with Crippen LogP contribution in [0.15, 0.2) is 34.3 Å². The van der Waals surface area contributed by atoms with Crippen molar-refractivity contribution in [1.82, 2.24) is 15.2 Å².